The van der Waals surface area contributed by atoms with Crippen LogP contribution in [-0.2, 0) is 10.3 Å². The molecule has 1 fully saturated rings. The number of halogens is 2. The van der Waals surface area contributed by atoms with Crippen LogP contribution in [0.1, 0.15) is 5.56 Å². The Hall–Kier alpha value is -0.690. The monoisotopic (exact) mass is 319 g/mol. The Morgan fingerprint density at radius 2 is 2.15 bits per heavy atom. The Bertz CT molecular complexity index is 608. The van der Waals surface area contributed by atoms with Crippen LogP contribution in [0.25, 0.3) is 0 Å². The van der Waals surface area contributed by atoms with Crippen LogP contribution in [0.15, 0.2) is 22.6 Å². The van der Waals surface area contributed by atoms with Crippen LogP contribution in [-0.4, -0.2) is 47.1 Å². The Morgan fingerprint density at radius 1 is 1.50 bits per heavy atom. The van der Waals surface area contributed by atoms with Crippen molar-refractivity contribution < 1.29 is 8.09 Å². The second-order valence-electron chi connectivity index (χ2n) is 5.43. The van der Waals surface area contributed by atoms with Gasteiger partial charge in [0, 0.05) is 24.7 Å². The van der Waals surface area contributed by atoms with Crippen LogP contribution in [0.5, 0.6) is 0 Å². The lowest BCUT2D eigenvalue weighted by atomic mass is 10.0. The van der Waals surface area contributed by atoms with E-state index in [-0.39, 0.29) is 0 Å². The van der Waals surface area contributed by atoms with E-state index in [0.29, 0.717) is 29.7 Å². The van der Waals surface area contributed by atoms with E-state index < -0.39 is 10.3 Å². The lowest BCUT2D eigenvalue weighted by Gasteiger charge is -2.38. The van der Waals surface area contributed by atoms with Gasteiger partial charge in [-0.05, 0) is 44.6 Å². The summed E-state index contributed by atoms with van der Waals surface area (Å²) in [6, 6.07) is 4.90. The minimum Gasteiger partial charge on any atom is -0.309 e. The number of aryl methyl sites for hydroxylation is 1. The topological polar surface area (TPSA) is 35.9 Å². The highest BCUT2D eigenvalue weighted by Gasteiger charge is 2.34. The molecule has 112 valence electrons. The molecule has 0 aliphatic carbocycles. The van der Waals surface area contributed by atoms with Gasteiger partial charge in [0.25, 0.3) is 10.3 Å². The molecular weight excluding hydrogens is 301 g/mol. The van der Waals surface area contributed by atoms with E-state index in [9.17, 15) is 8.09 Å². The van der Waals surface area contributed by atoms with Crippen molar-refractivity contribution in [2.24, 2.45) is 10.3 Å². The van der Waals surface area contributed by atoms with Crippen LogP contribution in [0.2, 0.25) is 5.02 Å². The molecule has 0 amide bonds. The average Bonchev–Trinajstić information content (AvgIpc) is 2.27. The summed E-state index contributed by atoms with van der Waals surface area (Å²) in [4.78, 5) is 2.04. The third kappa shape index (κ3) is 3.69. The highest BCUT2D eigenvalue weighted by molar-refractivity contribution is 7.86. The summed E-state index contributed by atoms with van der Waals surface area (Å²) >= 11 is 5.96. The van der Waals surface area contributed by atoms with E-state index in [0.717, 1.165) is 12.1 Å². The average molecular weight is 320 g/mol. The fourth-order valence-corrected chi connectivity index (χ4v) is 3.62. The predicted octanol–water partition coefficient (Wildman–Crippen LogP) is 3.04. The minimum absolute atomic E-state index is 0.309. The van der Waals surface area contributed by atoms with Gasteiger partial charge in [-0.1, -0.05) is 17.7 Å². The first kappa shape index (κ1) is 15.7. The van der Waals surface area contributed by atoms with Gasteiger partial charge in [0.2, 0.25) is 0 Å². The van der Waals surface area contributed by atoms with Crippen LogP contribution in [0.3, 0.4) is 0 Å². The van der Waals surface area contributed by atoms with E-state index in [1.807, 2.05) is 25.9 Å². The highest BCUT2D eigenvalue weighted by atomic mass is 35.5. The fourth-order valence-electron chi connectivity index (χ4n) is 2.16. The largest absolute Gasteiger partial charge is 0.309 e. The SMILES string of the molecule is Cc1ccc(N=S(=O)(F)N2CC(CN(C)C)C2)cc1Cl. The van der Waals surface area contributed by atoms with Gasteiger partial charge in [0.05, 0.1) is 5.69 Å². The molecule has 1 aromatic carbocycles. The van der Waals surface area contributed by atoms with E-state index in [4.69, 9.17) is 11.6 Å². The van der Waals surface area contributed by atoms with Crippen molar-refractivity contribution in [2.45, 2.75) is 6.92 Å². The van der Waals surface area contributed by atoms with Crippen molar-refractivity contribution in [3.05, 3.63) is 28.8 Å². The van der Waals surface area contributed by atoms with Gasteiger partial charge in [0.1, 0.15) is 0 Å². The molecule has 1 aromatic rings. The third-order valence-electron chi connectivity index (χ3n) is 3.24. The fraction of sp³-hybridized carbons (Fsp3) is 0.538. The van der Waals surface area contributed by atoms with Crippen molar-refractivity contribution in [3.8, 4) is 0 Å². The van der Waals surface area contributed by atoms with Crippen molar-refractivity contribution in [1.82, 2.24) is 9.21 Å². The Labute approximate surface area is 125 Å². The van der Waals surface area contributed by atoms with Crippen molar-refractivity contribution in [3.63, 3.8) is 0 Å². The molecule has 0 saturated carbocycles. The number of hydrogen-bond donors (Lipinski definition) is 0. The summed E-state index contributed by atoms with van der Waals surface area (Å²) in [5.41, 5.74) is 1.19. The lowest BCUT2D eigenvalue weighted by Crippen LogP contribution is -2.51. The summed E-state index contributed by atoms with van der Waals surface area (Å²) in [6.07, 6.45) is 0. The van der Waals surface area contributed by atoms with Crippen molar-refractivity contribution >= 4 is 27.6 Å². The first-order valence-corrected chi connectivity index (χ1v) is 8.15. The molecule has 1 unspecified atom stereocenters. The summed E-state index contributed by atoms with van der Waals surface area (Å²) in [5.74, 6) is 0.346. The Kier molecular flexibility index (Phi) is 4.69. The molecule has 1 heterocycles. The molecule has 1 aliphatic heterocycles. The predicted molar refractivity (Wildman–Crippen MR) is 81.1 cm³/mol. The molecule has 1 saturated heterocycles. The molecule has 2 rings (SSSR count). The Balaban J connectivity index is 2.09. The van der Waals surface area contributed by atoms with E-state index in [1.165, 1.54) is 10.4 Å². The molecule has 0 aromatic heterocycles. The second-order valence-corrected chi connectivity index (χ2v) is 7.40. The molecule has 4 nitrogen and oxygen atoms in total. The van der Waals surface area contributed by atoms with Gasteiger partial charge in [-0.3, -0.25) is 0 Å². The number of hydrogen-bond acceptors (Lipinski definition) is 3. The molecule has 20 heavy (non-hydrogen) atoms. The second kappa shape index (κ2) is 5.97. The van der Waals surface area contributed by atoms with Crippen LogP contribution in [0.4, 0.5) is 9.57 Å². The van der Waals surface area contributed by atoms with Gasteiger partial charge in [-0.2, -0.15) is 12.9 Å². The molecule has 0 N–H and O–H groups in total. The molecule has 7 heteroatoms. The standard InChI is InChI=1S/C13H19ClFN3OS/c1-10-4-5-12(6-13(10)14)16-20(15,19)18-8-11(9-18)7-17(2)3/h4-6,11H,7-9H2,1-3H3. The minimum atomic E-state index is -3.84. The lowest BCUT2D eigenvalue weighted by molar-refractivity contribution is 0.160. The molecule has 0 radical (unpaired) electrons. The zero-order valence-corrected chi connectivity index (χ0v) is 13.4. The maximum Gasteiger partial charge on any atom is 0.275 e. The first-order chi connectivity index (χ1) is 9.28. The molecule has 1 aliphatic rings. The molecular formula is C13H19ClFN3OS. The maximum absolute atomic E-state index is 14.2. The Morgan fingerprint density at radius 3 is 2.70 bits per heavy atom. The normalized spacial score (nSPS) is 19.7. The zero-order valence-electron chi connectivity index (χ0n) is 11.8. The van der Waals surface area contributed by atoms with Gasteiger partial charge in [0.15, 0.2) is 0 Å². The van der Waals surface area contributed by atoms with E-state index in [1.54, 1.807) is 12.1 Å². The first-order valence-electron chi connectivity index (χ1n) is 6.40. The molecule has 0 bridgehead atoms. The van der Waals surface area contributed by atoms with E-state index in [2.05, 4.69) is 4.36 Å². The van der Waals surface area contributed by atoms with Gasteiger partial charge < -0.3 is 4.90 Å². The van der Waals surface area contributed by atoms with Gasteiger partial charge in [-0.15, -0.1) is 3.89 Å². The number of benzene rings is 1. The number of nitrogens with zero attached hydrogens (tertiary/aromatic N) is 3. The molecule has 1 atom stereocenters. The quantitative estimate of drug-likeness (QED) is 0.800. The van der Waals surface area contributed by atoms with Crippen LogP contribution in [0, 0.1) is 12.8 Å². The maximum atomic E-state index is 14.2. The summed E-state index contributed by atoms with van der Waals surface area (Å²) < 4.78 is 31.2. The number of rotatable bonds is 4. The van der Waals surface area contributed by atoms with Crippen LogP contribution < -0.4 is 0 Å². The highest BCUT2D eigenvalue weighted by Crippen LogP contribution is 2.28. The molecule has 0 spiro atoms. The zero-order chi connectivity index (χ0) is 14.9. The van der Waals surface area contributed by atoms with Crippen molar-refractivity contribution in [2.75, 3.05) is 33.7 Å². The van der Waals surface area contributed by atoms with Crippen LogP contribution >= 0.6 is 11.6 Å². The van der Waals surface area contributed by atoms with Crippen molar-refractivity contribution in [1.29, 1.82) is 0 Å². The van der Waals surface area contributed by atoms with Gasteiger partial charge in [-0.25, -0.2) is 0 Å². The third-order valence-corrected chi connectivity index (χ3v) is 5.02. The smallest absolute Gasteiger partial charge is 0.275 e. The van der Waals surface area contributed by atoms with Gasteiger partial charge >= 0.3 is 0 Å². The summed E-state index contributed by atoms with van der Waals surface area (Å²) in [5, 5.41) is 0.496. The summed E-state index contributed by atoms with van der Waals surface area (Å²) in [6.45, 7) is 3.65. The van der Waals surface area contributed by atoms with E-state index >= 15 is 0 Å². The summed E-state index contributed by atoms with van der Waals surface area (Å²) in [7, 11) is 0.0890.